The van der Waals surface area contributed by atoms with E-state index < -0.39 is 13.5 Å². The lowest BCUT2D eigenvalue weighted by Gasteiger charge is -2.31. The van der Waals surface area contributed by atoms with E-state index in [0.29, 0.717) is 6.42 Å². The highest BCUT2D eigenvalue weighted by atomic mass is 79.9. The van der Waals surface area contributed by atoms with Crippen molar-refractivity contribution in [3.8, 4) is 0 Å². The van der Waals surface area contributed by atoms with Gasteiger partial charge in [-0.15, -0.1) is 0 Å². The van der Waals surface area contributed by atoms with Gasteiger partial charge < -0.3 is 0 Å². The van der Waals surface area contributed by atoms with Gasteiger partial charge in [0.1, 0.15) is 0 Å². The van der Waals surface area contributed by atoms with E-state index in [1.807, 2.05) is 35.7 Å². The molecule has 1 nitrogen and oxygen atoms in total. The fraction of sp³-hybridized carbons (Fsp3) is 0.200. The Kier molecular flexibility index (Phi) is 4.43. The van der Waals surface area contributed by atoms with Gasteiger partial charge in [-0.25, -0.2) is 0 Å². The number of fused-ring (bicyclic) bond motifs is 1. The first-order valence-electron chi connectivity index (χ1n) is 7.57. The Morgan fingerprint density at radius 2 is 1.87 bits per heavy atom. The largest absolute Gasteiger partial charge is 0.293 e. The van der Waals surface area contributed by atoms with Gasteiger partial charge >= 0.3 is 0 Å². The topological polar surface area (TPSA) is 17.1 Å². The summed E-state index contributed by atoms with van der Waals surface area (Å²) < 4.78 is 0. The Morgan fingerprint density at radius 1 is 1.13 bits per heavy atom. The monoisotopic (exact) mass is 387 g/mol. The molecule has 0 saturated carbocycles. The molecule has 0 bridgehead atoms. The first-order chi connectivity index (χ1) is 10.9. The van der Waals surface area contributed by atoms with Gasteiger partial charge in [0.2, 0.25) is 0 Å². The lowest BCUT2D eigenvalue weighted by Crippen LogP contribution is -2.35. The molecule has 0 aliphatic heterocycles. The molecular weight excluding hydrogens is 368 g/mol. The van der Waals surface area contributed by atoms with Crippen LogP contribution in [0.2, 0.25) is 0 Å². The molecule has 0 amide bonds. The molecule has 0 fully saturated rings. The molecule has 1 radical (unpaired) electrons. The molecule has 2 aromatic carbocycles. The van der Waals surface area contributed by atoms with Crippen molar-refractivity contribution < 1.29 is 4.79 Å². The average Bonchev–Trinajstić information content (AvgIpc) is 2.53. The van der Waals surface area contributed by atoms with E-state index in [1.54, 1.807) is 0 Å². The number of rotatable bonds is 3. The van der Waals surface area contributed by atoms with Crippen LogP contribution in [-0.2, 0) is 10.2 Å². The van der Waals surface area contributed by atoms with Crippen LogP contribution in [0.25, 0.3) is 10.8 Å². The second-order valence-electron chi connectivity index (χ2n) is 6.25. The summed E-state index contributed by atoms with van der Waals surface area (Å²) in [7, 11) is -1.19. The van der Waals surface area contributed by atoms with E-state index >= 15 is 0 Å². The zero-order valence-electron chi connectivity index (χ0n) is 13.3. The maximum absolute atomic E-state index is 13.2. The van der Waals surface area contributed by atoms with Gasteiger partial charge in [0, 0.05) is 5.37 Å². The number of hydrogen-bond donors (Lipinski definition) is 0. The molecule has 119 valence electrons. The van der Waals surface area contributed by atoms with E-state index in [0.717, 1.165) is 10.9 Å². The van der Waals surface area contributed by atoms with Crippen molar-refractivity contribution in [1.82, 2.24) is 0 Å². The van der Waals surface area contributed by atoms with Crippen molar-refractivity contribution in [2.75, 3.05) is 12.5 Å². The summed E-state index contributed by atoms with van der Waals surface area (Å²) in [6, 6.07) is 14.5. The van der Waals surface area contributed by atoms with Gasteiger partial charge in [0.25, 0.3) is 0 Å². The first kappa shape index (κ1) is 16.4. The Hall–Kier alpha value is -1.45. The minimum atomic E-state index is -1.19. The van der Waals surface area contributed by atoms with Gasteiger partial charge in [-0.3, -0.25) is 4.79 Å². The number of benzene rings is 2. The van der Waals surface area contributed by atoms with Crippen molar-refractivity contribution in [3.63, 3.8) is 0 Å². The number of carbonyl (C=O) groups excluding carboxylic acids is 1. The first-order valence-corrected chi connectivity index (χ1v) is 11.9. The zero-order chi connectivity index (χ0) is 16.5. The SMILES string of the molecule is C[S](C)(Br)=CC(=O)C1(c2cccc3ccccc23)C=CC=CC1. The summed E-state index contributed by atoms with van der Waals surface area (Å²) in [5, 5.41) is 4.20. The Morgan fingerprint density at radius 3 is 2.57 bits per heavy atom. The molecule has 0 aromatic heterocycles. The Bertz CT molecular complexity index is 859. The fourth-order valence-corrected chi connectivity index (χ4v) is 4.34. The smallest absolute Gasteiger partial charge is 0.175 e. The zero-order valence-corrected chi connectivity index (χ0v) is 15.7. The summed E-state index contributed by atoms with van der Waals surface area (Å²) in [5.41, 5.74) is 0.488. The van der Waals surface area contributed by atoms with Crippen LogP contribution in [0.4, 0.5) is 0 Å². The van der Waals surface area contributed by atoms with Crippen molar-refractivity contribution in [2.24, 2.45) is 0 Å². The van der Waals surface area contributed by atoms with Crippen LogP contribution in [0.5, 0.6) is 0 Å². The molecule has 3 rings (SSSR count). The lowest BCUT2D eigenvalue weighted by molar-refractivity contribution is -0.115. The molecule has 0 heterocycles. The van der Waals surface area contributed by atoms with Gasteiger partial charge in [-0.1, -0.05) is 66.8 Å². The average molecular weight is 388 g/mol. The lowest BCUT2D eigenvalue weighted by atomic mass is 9.71. The van der Waals surface area contributed by atoms with Crippen LogP contribution in [0, 0.1) is 0 Å². The Balaban J connectivity index is 2.26. The van der Waals surface area contributed by atoms with Gasteiger partial charge in [0.05, 0.1) is 5.41 Å². The predicted molar refractivity (Wildman–Crippen MR) is 108 cm³/mol. The van der Waals surface area contributed by atoms with E-state index in [-0.39, 0.29) is 5.78 Å². The van der Waals surface area contributed by atoms with Crippen LogP contribution in [0.1, 0.15) is 12.0 Å². The van der Waals surface area contributed by atoms with Crippen LogP contribution in [-0.4, -0.2) is 23.7 Å². The highest BCUT2D eigenvalue weighted by molar-refractivity contribution is 9.57. The number of allylic oxidation sites excluding steroid dienone is 4. The standard InChI is InChI=1S/C20H20BrOS/c1-23(2,21)15-19(22)20(13-6-3-7-14-20)18-12-8-10-16-9-4-5-11-17(16)18/h3-13,15H,14H2,1-2H3. The molecule has 0 N–H and O–H groups in total. The van der Waals surface area contributed by atoms with Crippen LogP contribution in [0.3, 0.4) is 0 Å². The number of hydrogen-bond acceptors (Lipinski definition) is 1. The third kappa shape index (κ3) is 3.26. The summed E-state index contributed by atoms with van der Waals surface area (Å²) in [6.45, 7) is 0. The highest BCUT2D eigenvalue weighted by Gasteiger charge is 2.37. The molecule has 1 aliphatic carbocycles. The number of ketones is 1. The molecular formula is C20H20BrOS. The maximum Gasteiger partial charge on any atom is 0.175 e. The van der Waals surface area contributed by atoms with Gasteiger partial charge in [-0.2, -0.15) is 8.05 Å². The summed E-state index contributed by atoms with van der Waals surface area (Å²) in [5.74, 6) is 0.173. The van der Waals surface area contributed by atoms with E-state index in [2.05, 4.69) is 63.7 Å². The molecule has 1 unspecified atom stereocenters. The second-order valence-corrected chi connectivity index (χ2v) is 14.0. The Labute approximate surface area is 146 Å². The van der Waals surface area contributed by atoms with Gasteiger partial charge in [-0.05, 0) is 50.1 Å². The van der Waals surface area contributed by atoms with E-state index in [1.165, 1.54) is 5.39 Å². The normalized spacial score (nSPS) is 20.7. The third-order valence-corrected chi connectivity index (χ3v) is 5.50. The molecule has 23 heavy (non-hydrogen) atoms. The van der Waals surface area contributed by atoms with Crippen molar-refractivity contribution in [2.45, 2.75) is 11.8 Å². The number of halogens is 1. The van der Waals surface area contributed by atoms with Crippen molar-refractivity contribution in [3.05, 3.63) is 72.3 Å². The van der Waals surface area contributed by atoms with E-state index in [9.17, 15) is 4.79 Å². The van der Waals surface area contributed by atoms with Gasteiger partial charge in [0.15, 0.2) is 5.78 Å². The molecule has 2 aromatic rings. The molecule has 3 heteroatoms. The number of Topliss-reactive ketones (excluding diaryl/α,β-unsaturated/α-hetero) is 1. The van der Waals surface area contributed by atoms with Crippen LogP contribution >= 0.6 is 22.9 Å². The summed E-state index contributed by atoms with van der Waals surface area (Å²) in [6.07, 6.45) is 13.0. The maximum atomic E-state index is 13.2. The van der Waals surface area contributed by atoms with Crippen molar-refractivity contribution in [1.29, 1.82) is 0 Å². The third-order valence-electron chi connectivity index (χ3n) is 4.16. The molecule has 1 aliphatic rings. The summed E-state index contributed by atoms with van der Waals surface area (Å²) in [4.78, 5) is 13.2. The molecule has 0 spiro atoms. The van der Waals surface area contributed by atoms with Crippen LogP contribution in [0.15, 0.2) is 66.8 Å². The quantitative estimate of drug-likeness (QED) is 0.649. The highest BCUT2D eigenvalue weighted by Crippen LogP contribution is 2.41. The number of carbonyl (C=O) groups is 1. The minimum absolute atomic E-state index is 0.173. The summed E-state index contributed by atoms with van der Waals surface area (Å²) >= 11 is 3.66. The van der Waals surface area contributed by atoms with Crippen LogP contribution < -0.4 is 0 Å². The van der Waals surface area contributed by atoms with E-state index in [4.69, 9.17) is 0 Å². The second kappa shape index (κ2) is 6.21. The fourth-order valence-electron chi connectivity index (χ4n) is 3.11. The van der Waals surface area contributed by atoms with Crippen molar-refractivity contribution >= 4 is 44.8 Å². The molecule has 1 atom stereocenters. The molecule has 0 saturated heterocycles. The predicted octanol–water partition coefficient (Wildman–Crippen LogP) is 5.34. The minimum Gasteiger partial charge on any atom is -0.293 e.